The van der Waals surface area contributed by atoms with E-state index in [4.69, 9.17) is 10.8 Å². The highest BCUT2D eigenvalue weighted by Gasteiger charge is 2.17. The fourth-order valence-electron chi connectivity index (χ4n) is 3.30. The van der Waals surface area contributed by atoms with Crippen molar-refractivity contribution in [3.63, 3.8) is 0 Å². The molecule has 2 aromatic carbocycles. The molecule has 2 aromatic heterocycles. The Hall–Kier alpha value is -3.48. The van der Waals surface area contributed by atoms with E-state index in [2.05, 4.69) is 32.9 Å². The summed E-state index contributed by atoms with van der Waals surface area (Å²) in [6.07, 6.45) is 0. The molecule has 0 saturated heterocycles. The lowest BCUT2D eigenvalue weighted by Crippen LogP contribution is -2.14. The summed E-state index contributed by atoms with van der Waals surface area (Å²) in [5.74, 6) is 6.10. The molecule has 0 aliphatic carbocycles. The summed E-state index contributed by atoms with van der Waals surface area (Å²) in [6, 6.07) is 16.1. The van der Waals surface area contributed by atoms with Crippen LogP contribution in [-0.4, -0.2) is 39.6 Å². The van der Waals surface area contributed by atoms with E-state index in [1.807, 2.05) is 61.5 Å². The van der Waals surface area contributed by atoms with E-state index in [1.54, 1.807) is 0 Å². The molecule has 2 N–H and O–H groups in total. The van der Waals surface area contributed by atoms with E-state index in [0.29, 0.717) is 11.5 Å². The van der Waals surface area contributed by atoms with Gasteiger partial charge in [0.05, 0.1) is 5.52 Å². The number of rotatable bonds is 4. The summed E-state index contributed by atoms with van der Waals surface area (Å²) in [5, 5.41) is 13.7. The molecule has 7 nitrogen and oxygen atoms in total. The molecule has 0 amide bonds. The van der Waals surface area contributed by atoms with Crippen LogP contribution in [0.4, 0.5) is 5.69 Å². The van der Waals surface area contributed by atoms with Crippen molar-refractivity contribution in [2.45, 2.75) is 13.5 Å². The van der Waals surface area contributed by atoms with E-state index in [1.165, 1.54) is 0 Å². The van der Waals surface area contributed by atoms with Crippen molar-refractivity contribution < 1.29 is 0 Å². The van der Waals surface area contributed by atoms with Gasteiger partial charge in [-0.1, -0.05) is 30.3 Å². The van der Waals surface area contributed by atoms with Gasteiger partial charge in [0.15, 0.2) is 5.65 Å². The zero-order valence-corrected chi connectivity index (χ0v) is 15.6. The van der Waals surface area contributed by atoms with E-state index >= 15 is 0 Å². The van der Waals surface area contributed by atoms with Gasteiger partial charge in [-0.05, 0) is 25.1 Å². The Labute approximate surface area is 157 Å². The minimum atomic E-state index is 0.417. The fourth-order valence-corrected chi connectivity index (χ4v) is 3.30. The summed E-state index contributed by atoms with van der Waals surface area (Å²) in [4.78, 5) is 6.79. The Kier molecular flexibility index (Phi) is 4.19. The third-order valence-electron chi connectivity index (χ3n) is 4.69. The minimum absolute atomic E-state index is 0.417. The number of nitrogens with two attached hydrogens (primary N) is 1. The number of aromatic nitrogens is 4. The number of anilines is 1. The molecule has 0 fully saturated rings. The van der Waals surface area contributed by atoms with Crippen LogP contribution in [0, 0.1) is 0 Å². The van der Waals surface area contributed by atoms with Crippen LogP contribution >= 0.6 is 0 Å². The zero-order valence-electron chi connectivity index (χ0n) is 15.6. The van der Waals surface area contributed by atoms with Crippen LogP contribution in [0.5, 0.6) is 0 Å². The molecule has 136 valence electrons. The van der Waals surface area contributed by atoms with Gasteiger partial charge in [0.25, 0.3) is 0 Å². The predicted molar refractivity (Wildman–Crippen MR) is 109 cm³/mol. The maximum absolute atomic E-state index is 5.69. The fraction of sp³-hybridized carbons (Fsp3) is 0.200. The topological polar surface area (TPSA) is 85.2 Å². The minimum Gasteiger partial charge on any atom is -0.378 e. The second-order valence-corrected chi connectivity index (χ2v) is 6.49. The molecular weight excluding hydrogens is 338 g/mol. The second-order valence-electron chi connectivity index (χ2n) is 6.49. The Morgan fingerprint density at radius 2 is 1.81 bits per heavy atom. The molecule has 2 heterocycles. The van der Waals surface area contributed by atoms with E-state index in [-0.39, 0.29) is 0 Å². The smallest absolute Gasteiger partial charge is 0.204 e. The van der Waals surface area contributed by atoms with E-state index in [9.17, 15) is 0 Å². The molecule has 0 spiro atoms. The van der Waals surface area contributed by atoms with Crippen LogP contribution in [0.1, 0.15) is 18.3 Å². The number of para-hydroxylation sites is 1. The maximum Gasteiger partial charge on any atom is 0.204 e. The molecule has 4 rings (SSSR count). The summed E-state index contributed by atoms with van der Waals surface area (Å²) < 4.78 is 2.13. The lowest BCUT2D eigenvalue weighted by Gasteiger charge is -2.12. The second kappa shape index (κ2) is 6.68. The number of benzene rings is 2. The van der Waals surface area contributed by atoms with Crippen molar-refractivity contribution in [2.75, 3.05) is 19.0 Å². The van der Waals surface area contributed by atoms with Crippen LogP contribution in [0.3, 0.4) is 0 Å². The van der Waals surface area contributed by atoms with Gasteiger partial charge < -0.3 is 15.3 Å². The van der Waals surface area contributed by atoms with E-state index in [0.717, 1.165) is 39.9 Å². The largest absolute Gasteiger partial charge is 0.378 e. The van der Waals surface area contributed by atoms with Crippen molar-refractivity contribution in [2.24, 2.45) is 10.9 Å². The first-order chi connectivity index (χ1) is 13.1. The molecule has 0 aliphatic heterocycles. The first-order valence-electron chi connectivity index (χ1n) is 8.81. The maximum atomic E-state index is 5.69. The third-order valence-corrected chi connectivity index (χ3v) is 4.69. The highest BCUT2D eigenvalue weighted by Crippen LogP contribution is 2.26. The van der Waals surface area contributed by atoms with Crippen LogP contribution < -0.4 is 10.7 Å². The lowest BCUT2D eigenvalue weighted by atomic mass is 10.1. The molecule has 4 aromatic rings. The van der Waals surface area contributed by atoms with Crippen LogP contribution in [-0.2, 0) is 6.54 Å². The van der Waals surface area contributed by atoms with Crippen molar-refractivity contribution in [3.8, 4) is 0 Å². The standard InChI is InChI=1S/C20H21N7/c1-4-27-16-8-6-5-7-15(16)18-20(27)22-19(25-24-18)17(23-21)13-9-11-14(12-10-13)26(2)3/h5-12H,4,21H2,1-3H3/b23-17+. The molecule has 0 unspecified atom stereocenters. The van der Waals surface area contributed by atoms with Gasteiger partial charge in [-0.25, -0.2) is 4.98 Å². The number of fused-ring (bicyclic) bond motifs is 3. The Bertz CT molecular complexity index is 1140. The molecular formula is C20H21N7. The summed E-state index contributed by atoms with van der Waals surface area (Å²) in [6.45, 7) is 2.88. The molecule has 0 atom stereocenters. The van der Waals surface area contributed by atoms with Gasteiger partial charge in [-0.2, -0.15) is 5.10 Å². The third kappa shape index (κ3) is 2.77. The quantitative estimate of drug-likeness (QED) is 0.344. The summed E-state index contributed by atoms with van der Waals surface area (Å²) >= 11 is 0. The molecule has 0 radical (unpaired) electrons. The van der Waals surface area contributed by atoms with Gasteiger partial charge in [0.1, 0.15) is 11.2 Å². The first-order valence-corrected chi connectivity index (χ1v) is 8.81. The van der Waals surface area contributed by atoms with Gasteiger partial charge >= 0.3 is 0 Å². The average Bonchev–Trinajstić information content (AvgIpc) is 3.02. The van der Waals surface area contributed by atoms with E-state index < -0.39 is 0 Å². The molecule has 27 heavy (non-hydrogen) atoms. The predicted octanol–water partition coefficient (Wildman–Crippen LogP) is 2.78. The number of hydrazone groups is 1. The summed E-state index contributed by atoms with van der Waals surface area (Å²) in [7, 11) is 3.99. The number of nitrogens with zero attached hydrogens (tertiary/aromatic N) is 6. The van der Waals surface area contributed by atoms with Crippen LogP contribution in [0.25, 0.3) is 22.1 Å². The summed E-state index contributed by atoms with van der Waals surface area (Å²) in [5.41, 5.74) is 5.13. The molecule has 7 heteroatoms. The highest BCUT2D eigenvalue weighted by atomic mass is 15.2. The molecule has 0 aliphatic rings. The van der Waals surface area contributed by atoms with Gasteiger partial charge in [0, 0.05) is 37.3 Å². The van der Waals surface area contributed by atoms with Crippen LogP contribution in [0.2, 0.25) is 0 Å². The SMILES string of the molecule is CCn1c2ccccc2c2nnc(/C(=N/N)c3ccc(N(C)C)cc3)nc21. The Morgan fingerprint density at radius 1 is 1.07 bits per heavy atom. The lowest BCUT2D eigenvalue weighted by molar-refractivity contribution is 0.809. The Morgan fingerprint density at radius 3 is 2.48 bits per heavy atom. The number of hydrogen-bond acceptors (Lipinski definition) is 6. The molecule has 0 saturated carbocycles. The van der Waals surface area contributed by atoms with Crippen LogP contribution in [0.15, 0.2) is 53.6 Å². The van der Waals surface area contributed by atoms with Crippen molar-refractivity contribution in [1.82, 2.24) is 19.7 Å². The number of aryl methyl sites for hydroxylation is 1. The Balaban J connectivity index is 1.86. The molecule has 0 bridgehead atoms. The average molecular weight is 359 g/mol. The first kappa shape index (κ1) is 17.0. The van der Waals surface area contributed by atoms with Crippen molar-refractivity contribution >= 4 is 33.5 Å². The monoisotopic (exact) mass is 359 g/mol. The van der Waals surface area contributed by atoms with Gasteiger partial charge in [0.2, 0.25) is 5.82 Å². The van der Waals surface area contributed by atoms with Crippen molar-refractivity contribution in [3.05, 3.63) is 59.9 Å². The van der Waals surface area contributed by atoms with Gasteiger partial charge in [-0.3, -0.25) is 0 Å². The number of hydrogen-bond donors (Lipinski definition) is 1. The highest BCUT2D eigenvalue weighted by molar-refractivity contribution is 6.12. The normalized spacial score (nSPS) is 12.0. The zero-order chi connectivity index (χ0) is 19.0. The van der Waals surface area contributed by atoms with Crippen molar-refractivity contribution in [1.29, 1.82) is 0 Å². The van der Waals surface area contributed by atoms with Gasteiger partial charge in [-0.15, -0.1) is 10.2 Å².